The highest BCUT2D eigenvalue weighted by molar-refractivity contribution is 7.09. The Morgan fingerprint density at radius 2 is 1.96 bits per heavy atom. The van der Waals surface area contributed by atoms with Crippen LogP contribution in [-0.2, 0) is 6.54 Å². The number of rotatable bonds is 4. The Kier molecular flexibility index (Phi) is 4.75. The first-order valence-electron chi connectivity index (χ1n) is 8.48. The Bertz CT molecular complexity index is 630. The van der Waals surface area contributed by atoms with Crippen LogP contribution < -0.4 is 4.90 Å². The summed E-state index contributed by atoms with van der Waals surface area (Å²) in [5, 5.41) is 13.6. The van der Waals surface area contributed by atoms with Gasteiger partial charge in [-0.1, -0.05) is 6.07 Å². The molecule has 0 aromatic carbocycles. The lowest BCUT2D eigenvalue weighted by Crippen LogP contribution is -2.53. The van der Waals surface area contributed by atoms with Crippen LogP contribution in [0.2, 0.25) is 0 Å². The van der Waals surface area contributed by atoms with E-state index in [1.807, 2.05) is 29.9 Å². The van der Waals surface area contributed by atoms with Gasteiger partial charge in [0.2, 0.25) is 0 Å². The summed E-state index contributed by atoms with van der Waals surface area (Å²) >= 11 is 1.68. The molecule has 24 heavy (non-hydrogen) atoms. The van der Waals surface area contributed by atoms with Gasteiger partial charge in [-0.25, -0.2) is 9.97 Å². The van der Waals surface area contributed by atoms with Crippen LogP contribution in [0.1, 0.15) is 5.01 Å². The summed E-state index contributed by atoms with van der Waals surface area (Å²) in [6.07, 6.45) is 3.42. The van der Waals surface area contributed by atoms with Crippen LogP contribution in [0.15, 0.2) is 36.0 Å². The molecule has 0 spiro atoms. The van der Waals surface area contributed by atoms with Crippen LogP contribution in [0.4, 0.5) is 5.82 Å². The number of β-amino-alcohol motifs (C(OH)–C–C–N with tert-alkyl or cyclic N) is 1. The van der Waals surface area contributed by atoms with Crippen molar-refractivity contribution in [3.63, 3.8) is 0 Å². The zero-order valence-corrected chi connectivity index (χ0v) is 14.5. The van der Waals surface area contributed by atoms with Gasteiger partial charge in [0.1, 0.15) is 10.8 Å². The molecule has 0 radical (unpaired) electrons. The highest BCUT2D eigenvalue weighted by Gasteiger charge is 2.36. The summed E-state index contributed by atoms with van der Waals surface area (Å²) in [5.74, 6) is 1.05. The highest BCUT2D eigenvalue weighted by Crippen LogP contribution is 2.22. The molecule has 2 atom stereocenters. The standard InChI is InChI=1S/C17H23N5OS/c23-15-12-20(13-17-19-5-10-24-17)11-14(15)21-6-8-22(9-7-21)16-3-1-2-4-18-16/h1-5,10,14-15,23H,6-9,11-13H2/t14-,15-/m0/s1. The molecule has 0 unspecified atom stereocenters. The number of nitrogens with zero attached hydrogens (tertiary/aromatic N) is 5. The first-order valence-corrected chi connectivity index (χ1v) is 9.36. The predicted molar refractivity (Wildman–Crippen MR) is 95.2 cm³/mol. The molecule has 6 nitrogen and oxygen atoms in total. The number of piperazine rings is 1. The molecule has 2 aliphatic rings. The topological polar surface area (TPSA) is 55.7 Å². The number of anilines is 1. The van der Waals surface area contributed by atoms with Crippen molar-refractivity contribution in [1.29, 1.82) is 0 Å². The molecule has 4 rings (SSSR count). The van der Waals surface area contributed by atoms with Gasteiger partial charge in [-0.2, -0.15) is 0 Å². The van der Waals surface area contributed by atoms with E-state index < -0.39 is 0 Å². The molecule has 128 valence electrons. The van der Waals surface area contributed by atoms with E-state index in [0.717, 1.165) is 56.6 Å². The number of likely N-dealkylation sites (tertiary alicyclic amines) is 1. The number of pyridine rings is 1. The third kappa shape index (κ3) is 3.44. The van der Waals surface area contributed by atoms with E-state index in [2.05, 4.69) is 30.7 Å². The maximum atomic E-state index is 10.5. The van der Waals surface area contributed by atoms with E-state index >= 15 is 0 Å². The number of hydrogen-bond donors (Lipinski definition) is 1. The summed E-state index contributed by atoms with van der Waals surface area (Å²) in [6.45, 7) is 6.39. The van der Waals surface area contributed by atoms with Crippen LogP contribution in [-0.4, -0.2) is 76.3 Å². The molecule has 2 aromatic rings. The maximum absolute atomic E-state index is 10.5. The fourth-order valence-corrected chi connectivity index (χ4v) is 4.34. The molecule has 2 saturated heterocycles. The normalized spacial score (nSPS) is 26.1. The van der Waals surface area contributed by atoms with Gasteiger partial charge in [-0.15, -0.1) is 11.3 Å². The third-order valence-corrected chi connectivity index (χ3v) is 5.70. The number of thiazole rings is 1. The van der Waals surface area contributed by atoms with Gasteiger partial charge < -0.3 is 10.0 Å². The number of aliphatic hydroxyl groups is 1. The molecule has 7 heteroatoms. The lowest BCUT2D eigenvalue weighted by atomic mass is 10.1. The van der Waals surface area contributed by atoms with Crippen molar-refractivity contribution >= 4 is 17.2 Å². The number of aliphatic hydroxyl groups excluding tert-OH is 1. The van der Waals surface area contributed by atoms with Gasteiger partial charge in [-0.3, -0.25) is 9.80 Å². The zero-order valence-electron chi connectivity index (χ0n) is 13.7. The van der Waals surface area contributed by atoms with Crippen molar-refractivity contribution < 1.29 is 5.11 Å². The lowest BCUT2D eigenvalue weighted by molar-refractivity contribution is 0.0790. The summed E-state index contributed by atoms with van der Waals surface area (Å²) in [7, 11) is 0. The van der Waals surface area contributed by atoms with Crippen molar-refractivity contribution in [3.8, 4) is 0 Å². The van der Waals surface area contributed by atoms with Crippen LogP contribution in [0, 0.1) is 0 Å². The van der Waals surface area contributed by atoms with Crippen LogP contribution in [0.5, 0.6) is 0 Å². The molecule has 0 amide bonds. The van der Waals surface area contributed by atoms with Crippen molar-refractivity contribution in [2.75, 3.05) is 44.2 Å². The van der Waals surface area contributed by atoms with E-state index in [1.165, 1.54) is 0 Å². The van der Waals surface area contributed by atoms with Crippen LogP contribution in [0.25, 0.3) is 0 Å². The second-order valence-corrected chi connectivity index (χ2v) is 7.44. The van der Waals surface area contributed by atoms with Gasteiger partial charge in [0, 0.05) is 63.1 Å². The summed E-state index contributed by atoms with van der Waals surface area (Å²) in [5.41, 5.74) is 0. The molecule has 0 bridgehead atoms. The highest BCUT2D eigenvalue weighted by atomic mass is 32.1. The van der Waals surface area contributed by atoms with Gasteiger partial charge in [-0.05, 0) is 12.1 Å². The molecule has 2 aliphatic heterocycles. The third-order valence-electron chi connectivity index (χ3n) is 4.93. The summed E-state index contributed by atoms with van der Waals surface area (Å²) in [6, 6.07) is 6.28. The summed E-state index contributed by atoms with van der Waals surface area (Å²) < 4.78 is 0. The largest absolute Gasteiger partial charge is 0.390 e. The molecule has 4 heterocycles. The van der Waals surface area contributed by atoms with Crippen LogP contribution >= 0.6 is 11.3 Å². The van der Waals surface area contributed by atoms with Crippen molar-refractivity contribution in [2.45, 2.75) is 18.7 Å². The molecule has 2 fully saturated rings. The van der Waals surface area contributed by atoms with Crippen LogP contribution in [0.3, 0.4) is 0 Å². The SMILES string of the molecule is O[C@H]1CN(Cc2nccs2)C[C@@H]1N1CCN(c2ccccn2)CC1. The van der Waals surface area contributed by atoms with E-state index in [-0.39, 0.29) is 12.1 Å². The van der Waals surface area contributed by atoms with Gasteiger partial charge in [0.05, 0.1) is 12.6 Å². The quantitative estimate of drug-likeness (QED) is 0.889. The van der Waals surface area contributed by atoms with Crippen molar-refractivity contribution in [2.24, 2.45) is 0 Å². The smallest absolute Gasteiger partial charge is 0.128 e. The average Bonchev–Trinajstić information content (AvgIpc) is 3.26. The fraction of sp³-hybridized carbons (Fsp3) is 0.529. The van der Waals surface area contributed by atoms with Gasteiger partial charge >= 0.3 is 0 Å². The molecule has 0 aliphatic carbocycles. The minimum absolute atomic E-state index is 0.232. The second-order valence-electron chi connectivity index (χ2n) is 6.47. The van der Waals surface area contributed by atoms with Gasteiger partial charge in [0.15, 0.2) is 0 Å². The first kappa shape index (κ1) is 16.0. The van der Waals surface area contributed by atoms with E-state index in [1.54, 1.807) is 11.3 Å². The molecule has 1 N–H and O–H groups in total. The van der Waals surface area contributed by atoms with E-state index in [9.17, 15) is 5.11 Å². The Balaban J connectivity index is 1.32. The van der Waals surface area contributed by atoms with E-state index in [0.29, 0.717) is 0 Å². The monoisotopic (exact) mass is 345 g/mol. The molecule has 0 saturated carbocycles. The Morgan fingerprint density at radius 3 is 2.67 bits per heavy atom. The zero-order chi connectivity index (χ0) is 16.4. The van der Waals surface area contributed by atoms with E-state index in [4.69, 9.17) is 0 Å². The average molecular weight is 345 g/mol. The Morgan fingerprint density at radius 1 is 1.08 bits per heavy atom. The lowest BCUT2D eigenvalue weighted by Gasteiger charge is -2.39. The van der Waals surface area contributed by atoms with Gasteiger partial charge in [0.25, 0.3) is 0 Å². The first-order chi connectivity index (χ1) is 11.8. The predicted octanol–water partition coefficient (Wildman–Crippen LogP) is 0.905. The minimum atomic E-state index is -0.272. The second kappa shape index (κ2) is 7.14. The maximum Gasteiger partial charge on any atom is 0.128 e. The molecule has 2 aromatic heterocycles. The number of aromatic nitrogens is 2. The Labute approximate surface area is 146 Å². The number of hydrogen-bond acceptors (Lipinski definition) is 7. The Hall–Kier alpha value is -1.54. The van der Waals surface area contributed by atoms with Crippen molar-refractivity contribution in [3.05, 3.63) is 41.0 Å². The van der Waals surface area contributed by atoms with Crippen molar-refractivity contribution in [1.82, 2.24) is 19.8 Å². The fourth-order valence-electron chi connectivity index (χ4n) is 3.68. The molecular formula is C17H23N5OS. The molecular weight excluding hydrogens is 322 g/mol. The summed E-state index contributed by atoms with van der Waals surface area (Å²) in [4.78, 5) is 15.9. The minimum Gasteiger partial charge on any atom is -0.390 e.